The van der Waals surface area contributed by atoms with Crippen LogP contribution in [0.15, 0.2) is 48.5 Å². The van der Waals surface area contributed by atoms with Crippen LogP contribution in [0.25, 0.3) is 0 Å². The van der Waals surface area contributed by atoms with Gasteiger partial charge in [0.2, 0.25) is 0 Å². The highest BCUT2D eigenvalue weighted by Gasteiger charge is 2.14. The Kier molecular flexibility index (Phi) is 5.86. The molecule has 0 bridgehead atoms. The lowest BCUT2D eigenvalue weighted by Crippen LogP contribution is -2.29. The highest BCUT2D eigenvalue weighted by Crippen LogP contribution is 2.12. The maximum absolute atomic E-state index is 12.3. The number of benzene rings is 1. The zero-order chi connectivity index (χ0) is 16.7. The predicted molar refractivity (Wildman–Crippen MR) is 89.2 cm³/mol. The summed E-state index contributed by atoms with van der Waals surface area (Å²) in [6.07, 6.45) is 0.848. The molecule has 2 rings (SSSR count). The Hall–Kier alpha value is -2.69. The second-order valence-corrected chi connectivity index (χ2v) is 5.27. The van der Waals surface area contributed by atoms with Crippen molar-refractivity contribution in [1.29, 1.82) is 0 Å². The number of rotatable bonds is 6. The van der Waals surface area contributed by atoms with Gasteiger partial charge in [-0.15, -0.1) is 0 Å². The van der Waals surface area contributed by atoms with Gasteiger partial charge in [0.15, 0.2) is 0 Å². The number of pyridine rings is 1. The van der Waals surface area contributed by atoms with E-state index in [1.807, 2.05) is 44.2 Å². The summed E-state index contributed by atoms with van der Waals surface area (Å²) in [6.45, 7) is 4.47. The van der Waals surface area contributed by atoms with Gasteiger partial charge in [0, 0.05) is 6.54 Å². The molecule has 2 N–H and O–H groups in total. The minimum Gasteiger partial charge on any atom is -0.351 e. The van der Waals surface area contributed by atoms with Gasteiger partial charge in [0.25, 0.3) is 11.8 Å². The molecule has 2 aromatic rings. The van der Waals surface area contributed by atoms with E-state index in [1.165, 1.54) is 0 Å². The normalized spacial score (nSPS) is 11.6. The van der Waals surface area contributed by atoms with Crippen LogP contribution in [0.4, 0.5) is 0 Å². The molecule has 5 nitrogen and oxygen atoms in total. The Labute approximate surface area is 136 Å². The molecule has 0 aliphatic heterocycles. The van der Waals surface area contributed by atoms with Gasteiger partial charge in [-0.3, -0.25) is 9.59 Å². The van der Waals surface area contributed by atoms with Gasteiger partial charge in [-0.1, -0.05) is 43.3 Å². The van der Waals surface area contributed by atoms with Crippen LogP contribution in [0.1, 0.15) is 52.9 Å². The predicted octanol–water partition coefficient (Wildman–Crippen LogP) is 2.71. The third kappa shape index (κ3) is 4.64. The fourth-order valence-corrected chi connectivity index (χ4v) is 2.11. The van der Waals surface area contributed by atoms with E-state index in [9.17, 15) is 9.59 Å². The number of hydrogen-bond acceptors (Lipinski definition) is 3. The molecule has 0 aliphatic carbocycles. The van der Waals surface area contributed by atoms with Crippen molar-refractivity contribution in [3.63, 3.8) is 0 Å². The second-order valence-electron chi connectivity index (χ2n) is 5.27. The summed E-state index contributed by atoms with van der Waals surface area (Å²) in [4.78, 5) is 28.4. The third-order valence-electron chi connectivity index (χ3n) is 3.40. The van der Waals surface area contributed by atoms with Crippen LogP contribution in [0.5, 0.6) is 0 Å². The topological polar surface area (TPSA) is 71.1 Å². The highest BCUT2D eigenvalue weighted by molar-refractivity contribution is 5.96. The zero-order valence-corrected chi connectivity index (χ0v) is 13.4. The number of aromatic nitrogens is 1. The standard InChI is InChI=1S/C18H21N3O2/c1-3-12-19-17(22)15-10-7-11-16(21-15)18(23)20-13(2)14-8-5-4-6-9-14/h4-11,13H,3,12H2,1-2H3,(H,19,22)(H,20,23). The molecular weight excluding hydrogens is 290 g/mol. The Morgan fingerprint density at radius 2 is 1.65 bits per heavy atom. The first-order valence-electron chi connectivity index (χ1n) is 7.73. The average Bonchev–Trinajstić information content (AvgIpc) is 2.60. The SMILES string of the molecule is CCCNC(=O)c1cccc(C(=O)NC(C)c2ccccc2)n1. The van der Waals surface area contributed by atoms with Crippen molar-refractivity contribution in [2.75, 3.05) is 6.54 Å². The molecule has 0 radical (unpaired) electrons. The summed E-state index contributed by atoms with van der Waals surface area (Å²) in [7, 11) is 0. The van der Waals surface area contributed by atoms with E-state index >= 15 is 0 Å². The number of carbonyl (C=O) groups excluding carboxylic acids is 2. The molecule has 1 unspecified atom stereocenters. The molecule has 0 saturated carbocycles. The van der Waals surface area contributed by atoms with Crippen molar-refractivity contribution >= 4 is 11.8 Å². The van der Waals surface area contributed by atoms with Gasteiger partial charge in [0.1, 0.15) is 11.4 Å². The van der Waals surface area contributed by atoms with Crippen LogP contribution < -0.4 is 10.6 Å². The molecule has 120 valence electrons. The first-order chi connectivity index (χ1) is 11.1. The molecule has 5 heteroatoms. The van der Waals surface area contributed by atoms with Crippen molar-refractivity contribution in [3.05, 3.63) is 65.5 Å². The van der Waals surface area contributed by atoms with Crippen LogP contribution in [-0.4, -0.2) is 23.3 Å². The van der Waals surface area contributed by atoms with Gasteiger partial charge in [0.05, 0.1) is 6.04 Å². The van der Waals surface area contributed by atoms with E-state index in [1.54, 1.807) is 18.2 Å². The first kappa shape index (κ1) is 16.7. The van der Waals surface area contributed by atoms with Crippen molar-refractivity contribution in [1.82, 2.24) is 15.6 Å². The number of hydrogen-bond donors (Lipinski definition) is 2. The fraction of sp³-hybridized carbons (Fsp3) is 0.278. The van der Waals surface area contributed by atoms with E-state index in [-0.39, 0.29) is 29.2 Å². The second kappa shape index (κ2) is 8.08. The maximum atomic E-state index is 12.3. The van der Waals surface area contributed by atoms with E-state index in [0.717, 1.165) is 12.0 Å². The molecule has 23 heavy (non-hydrogen) atoms. The zero-order valence-electron chi connectivity index (χ0n) is 13.4. The molecule has 0 aliphatic rings. The summed E-state index contributed by atoms with van der Waals surface area (Å²) in [5.74, 6) is -0.566. The Bertz CT molecular complexity index is 671. The van der Waals surface area contributed by atoms with Crippen LogP contribution in [0.3, 0.4) is 0 Å². The van der Waals surface area contributed by atoms with Crippen LogP contribution >= 0.6 is 0 Å². The molecule has 0 saturated heterocycles. The fourth-order valence-electron chi connectivity index (χ4n) is 2.11. The van der Waals surface area contributed by atoms with E-state index < -0.39 is 0 Å². The lowest BCUT2D eigenvalue weighted by molar-refractivity contribution is 0.0933. The summed E-state index contributed by atoms with van der Waals surface area (Å²) >= 11 is 0. The van der Waals surface area contributed by atoms with Crippen molar-refractivity contribution in [2.24, 2.45) is 0 Å². The number of carbonyl (C=O) groups is 2. The summed E-state index contributed by atoms with van der Waals surface area (Å²) in [5, 5.41) is 5.64. The Balaban J connectivity index is 2.06. The summed E-state index contributed by atoms with van der Waals surface area (Å²) in [5.41, 5.74) is 1.49. The smallest absolute Gasteiger partial charge is 0.270 e. The monoisotopic (exact) mass is 311 g/mol. The highest BCUT2D eigenvalue weighted by atomic mass is 16.2. The summed E-state index contributed by atoms with van der Waals surface area (Å²) in [6, 6.07) is 14.4. The molecular formula is C18H21N3O2. The summed E-state index contributed by atoms with van der Waals surface area (Å²) < 4.78 is 0. The lowest BCUT2D eigenvalue weighted by atomic mass is 10.1. The molecule has 0 spiro atoms. The van der Waals surface area contributed by atoms with Gasteiger partial charge in [-0.2, -0.15) is 0 Å². The van der Waals surface area contributed by atoms with Crippen LogP contribution in [0.2, 0.25) is 0 Å². The molecule has 1 heterocycles. The number of nitrogens with zero attached hydrogens (tertiary/aromatic N) is 1. The minimum absolute atomic E-state index is 0.136. The number of nitrogens with one attached hydrogen (secondary N) is 2. The van der Waals surface area contributed by atoms with Gasteiger partial charge >= 0.3 is 0 Å². The van der Waals surface area contributed by atoms with E-state index in [2.05, 4.69) is 15.6 Å². The molecule has 2 amide bonds. The minimum atomic E-state index is -0.300. The largest absolute Gasteiger partial charge is 0.351 e. The maximum Gasteiger partial charge on any atom is 0.270 e. The average molecular weight is 311 g/mol. The molecule has 1 aromatic carbocycles. The first-order valence-corrected chi connectivity index (χ1v) is 7.73. The van der Waals surface area contributed by atoms with Crippen molar-refractivity contribution in [3.8, 4) is 0 Å². The van der Waals surface area contributed by atoms with Gasteiger partial charge in [-0.25, -0.2) is 4.98 Å². The quantitative estimate of drug-likeness (QED) is 0.861. The van der Waals surface area contributed by atoms with Crippen LogP contribution in [0, 0.1) is 0 Å². The van der Waals surface area contributed by atoms with Crippen molar-refractivity contribution in [2.45, 2.75) is 26.3 Å². The molecule has 1 aromatic heterocycles. The van der Waals surface area contributed by atoms with E-state index in [4.69, 9.17) is 0 Å². The van der Waals surface area contributed by atoms with Crippen LogP contribution in [-0.2, 0) is 0 Å². The van der Waals surface area contributed by atoms with E-state index in [0.29, 0.717) is 6.54 Å². The van der Waals surface area contributed by atoms with Gasteiger partial charge < -0.3 is 10.6 Å². The Morgan fingerprint density at radius 1 is 1.00 bits per heavy atom. The Morgan fingerprint density at radius 3 is 2.30 bits per heavy atom. The van der Waals surface area contributed by atoms with Gasteiger partial charge in [-0.05, 0) is 31.0 Å². The molecule has 0 fully saturated rings. The van der Waals surface area contributed by atoms with Crippen molar-refractivity contribution < 1.29 is 9.59 Å². The molecule has 1 atom stereocenters. The lowest BCUT2D eigenvalue weighted by Gasteiger charge is -2.14. The third-order valence-corrected chi connectivity index (χ3v) is 3.40. The number of amides is 2.